The minimum Gasteiger partial charge on any atom is -0.444 e. The van der Waals surface area contributed by atoms with Crippen molar-refractivity contribution in [1.82, 2.24) is 5.32 Å². The highest BCUT2D eigenvalue weighted by Gasteiger charge is 2.31. The van der Waals surface area contributed by atoms with Crippen molar-refractivity contribution in [3.63, 3.8) is 0 Å². The van der Waals surface area contributed by atoms with Gasteiger partial charge in [-0.1, -0.05) is 18.7 Å². The van der Waals surface area contributed by atoms with E-state index in [-0.39, 0.29) is 23.2 Å². The molecule has 0 saturated heterocycles. The molecule has 36 heavy (non-hydrogen) atoms. The number of hydrogen-bond acceptors (Lipinski definition) is 5. The molecule has 2 rings (SSSR count). The largest absolute Gasteiger partial charge is 0.573 e. The number of alkyl carbamates (subject to hydrolysis) is 1. The first kappa shape index (κ1) is 29.2. The van der Waals surface area contributed by atoms with E-state index in [1.807, 2.05) is 0 Å². The number of nitrogens with one attached hydrogen (secondary N) is 1. The average Bonchev–Trinajstić information content (AvgIpc) is 2.73. The molecular formula is C25H27BrF4N2O4. The smallest absolute Gasteiger partial charge is 0.444 e. The van der Waals surface area contributed by atoms with Crippen LogP contribution in [-0.2, 0) is 16.1 Å². The van der Waals surface area contributed by atoms with Crippen molar-refractivity contribution < 1.29 is 36.6 Å². The molecule has 2 aromatic carbocycles. The van der Waals surface area contributed by atoms with Gasteiger partial charge in [0.1, 0.15) is 23.5 Å². The number of benzene rings is 2. The van der Waals surface area contributed by atoms with Gasteiger partial charge in [0.25, 0.3) is 0 Å². The van der Waals surface area contributed by atoms with Crippen LogP contribution in [0.1, 0.15) is 38.3 Å². The molecule has 1 atom stereocenters. The number of aldehydes is 1. The van der Waals surface area contributed by atoms with Gasteiger partial charge in [0.2, 0.25) is 0 Å². The molecule has 11 heteroatoms. The van der Waals surface area contributed by atoms with Crippen LogP contribution >= 0.6 is 15.9 Å². The first-order valence-corrected chi connectivity index (χ1v) is 11.5. The minimum absolute atomic E-state index is 0.00582. The van der Waals surface area contributed by atoms with E-state index >= 15 is 0 Å². The SMILES string of the molecule is C=C(CC(C=O)NC(=O)OC(C)(C)C)c1cc(F)c(Br)cc1N(C)Cc1ccc(OC(F)(F)F)cc1. The van der Waals surface area contributed by atoms with Gasteiger partial charge in [-0.15, -0.1) is 13.2 Å². The van der Waals surface area contributed by atoms with E-state index in [0.717, 1.165) is 0 Å². The summed E-state index contributed by atoms with van der Waals surface area (Å²) in [6.45, 7) is 9.30. The summed E-state index contributed by atoms with van der Waals surface area (Å²) in [5.74, 6) is -0.899. The van der Waals surface area contributed by atoms with Crippen LogP contribution in [0.3, 0.4) is 0 Å². The normalized spacial score (nSPS) is 12.5. The molecule has 0 radical (unpaired) electrons. The Morgan fingerprint density at radius 1 is 1.19 bits per heavy atom. The number of carbonyl (C=O) groups excluding carboxylic acids is 2. The monoisotopic (exact) mass is 574 g/mol. The summed E-state index contributed by atoms with van der Waals surface area (Å²) in [5, 5.41) is 2.46. The summed E-state index contributed by atoms with van der Waals surface area (Å²) in [7, 11) is 1.72. The van der Waals surface area contributed by atoms with Crippen molar-refractivity contribution in [2.45, 2.75) is 51.7 Å². The third kappa shape index (κ3) is 9.18. The molecule has 0 aliphatic carbocycles. The highest BCUT2D eigenvalue weighted by atomic mass is 79.9. The number of halogens is 5. The van der Waals surface area contributed by atoms with Crippen molar-refractivity contribution in [1.29, 1.82) is 0 Å². The van der Waals surface area contributed by atoms with E-state index in [2.05, 4.69) is 32.6 Å². The van der Waals surface area contributed by atoms with Gasteiger partial charge in [0.05, 0.1) is 10.5 Å². The maximum atomic E-state index is 14.4. The Morgan fingerprint density at radius 2 is 1.81 bits per heavy atom. The Labute approximate surface area is 215 Å². The summed E-state index contributed by atoms with van der Waals surface area (Å²) in [4.78, 5) is 25.4. The quantitative estimate of drug-likeness (QED) is 0.269. The molecular weight excluding hydrogens is 548 g/mol. The number of anilines is 1. The van der Waals surface area contributed by atoms with Gasteiger partial charge in [-0.3, -0.25) is 0 Å². The maximum absolute atomic E-state index is 14.4. The first-order chi connectivity index (χ1) is 16.6. The van der Waals surface area contributed by atoms with Gasteiger partial charge in [0, 0.05) is 24.8 Å². The lowest BCUT2D eigenvalue weighted by molar-refractivity contribution is -0.274. The molecule has 0 aromatic heterocycles. The van der Waals surface area contributed by atoms with Crippen molar-refractivity contribution in [3.8, 4) is 5.75 Å². The molecule has 0 aliphatic rings. The van der Waals surface area contributed by atoms with Crippen LogP contribution < -0.4 is 15.0 Å². The Morgan fingerprint density at radius 3 is 2.33 bits per heavy atom. The van der Waals surface area contributed by atoms with Crippen molar-refractivity contribution in [3.05, 3.63) is 64.4 Å². The van der Waals surface area contributed by atoms with Gasteiger partial charge in [-0.05, 0) is 78.5 Å². The third-order valence-electron chi connectivity index (χ3n) is 4.74. The third-order valence-corrected chi connectivity index (χ3v) is 5.35. The lowest BCUT2D eigenvalue weighted by atomic mass is 9.98. The average molecular weight is 575 g/mol. The fraction of sp³-hybridized carbons (Fsp3) is 0.360. The molecule has 0 fully saturated rings. The molecule has 1 amide bonds. The van der Waals surface area contributed by atoms with E-state index in [0.29, 0.717) is 28.7 Å². The van der Waals surface area contributed by atoms with Crippen LogP contribution in [0.5, 0.6) is 5.75 Å². The second-order valence-electron chi connectivity index (χ2n) is 9.03. The van der Waals surface area contributed by atoms with Gasteiger partial charge >= 0.3 is 12.5 Å². The number of hydrogen-bond donors (Lipinski definition) is 1. The van der Waals surface area contributed by atoms with Crippen molar-refractivity contribution in [2.75, 3.05) is 11.9 Å². The highest BCUT2D eigenvalue weighted by molar-refractivity contribution is 9.10. The lowest BCUT2D eigenvalue weighted by Gasteiger charge is -2.25. The molecule has 6 nitrogen and oxygen atoms in total. The van der Waals surface area contributed by atoms with Crippen LogP contribution in [0.4, 0.5) is 28.0 Å². The summed E-state index contributed by atoms with van der Waals surface area (Å²) in [6, 6.07) is 7.21. The molecule has 0 heterocycles. The zero-order valence-electron chi connectivity index (χ0n) is 20.2. The standard InChI is InChI=1S/C25H27BrF4N2O4/c1-15(10-17(14-33)31-23(34)36-24(2,3)4)19-11-21(27)20(26)12-22(19)32(5)13-16-6-8-18(9-7-16)35-25(28,29)30/h6-9,11-12,14,17H,1,10,13H2,2-5H3,(H,31,34). The summed E-state index contributed by atoms with van der Waals surface area (Å²) >= 11 is 3.16. The molecule has 0 bridgehead atoms. The van der Waals surface area contributed by atoms with Gasteiger partial charge in [-0.2, -0.15) is 0 Å². The number of nitrogens with zero attached hydrogens (tertiary/aromatic N) is 1. The van der Waals surface area contributed by atoms with Crippen LogP contribution in [-0.4, -0.2) is 37.4 Å². The Kier molecular flexibility index (Phi) is 9.53. The van der Waals surface area contributed by atoms with Gasteiger partial charge < -0.3 is 24.5 Å². The maximum Gasteiger partial charge on any atom is 0.573 e. The Hall–Kier alpha value is -3.08. The minimum atomic E-state index is -4.79. The number of carbonyl (C=O) groups is 2. The predicted octanol–water partition coefficient (Wildman–Crippen LogP) is 6.62. The molecule has 1 N–H and O–H groups in total. The predicted molar refractivity (Wildman–Crippen MR) is 132 cm³/mol. The molecule has 1 unspecified atom stereocenters. The molecule has 0 saturated carbocycles. The number of amides is 1. The van der Waals surface area contributed by atoms with Crippen molar-refractivity contribution >= 4 is 39.6 Å². The first-order valence-electron chi connectivity index (χ1n) is 10.8. The Bertz CT molecular complexity index is 1100. The topological polar surface area (TPSA) is 67.9 Å². The summed E-state index contributed by atoms with van der Waals surface area (Å²) < 4.78 is 60.9. The van der Waals surface area contributed by atoms with E-state index in [1.165, 1.54) is 36.4 Å². The second kappa shape index (κ2) is 11.8. The number of rotatable bonds is 9. The van der Waals surface area contributed by atoms with Crippen LogP contribution in [0, 0.1) is 5.82 Å². The second-order valence-corrected chi connectivity index (χ2v) is 9.88. The summed E-state index contributed by atoms with van der Waals surface area (Å²) in [5.41, 5.74) is 1.24. The van der Waals surface area contributed by atoms with Gasteiger partial charge in [0.15, 0.2) is 0 Å². The van der Waals surface area contributed by atoms with Crippen molar-refractivity contribution in [2.24, 2.45) is 0 Å². The van der Waals surface area contributed by atoms with Crippen LogP contribution in [0.2, 0.25) is 0 Å². The number of ether oxygens (including phenoxy) is 2. The van der Waals surface area contributed by atoms with E-state index in [4.69, 9.17) is 4.74 Å². The van der Waals surface area contributed by atoms with E-state index in [1.54, 1.807) is 32.7 Å². The molecule has 0 aliphatic heterocycles. The van der Waals surface area contributed by atoms with Crippen LogP contribution in [0.15, 0.2) is 47.4 Å². The van der Waals surface area contributed by atoms with Crippen LogP contribution in [0.25, 0.3) is 5.57 Å². The van der Waals surface area contributed by atoms with Gasteiger partial charge in [-0.25, -0.2) is 9.18 Å². The highest BCUT2D eigenvalue weighted by Crippen LogP contribution is 2.34. The fourth-order valence-electron chi connectivity index (χ4n) is 3.26. The molecule has 2 aromatic rings. The molecule has 196 valence electrons. The lowest BCUT2D eigenvalue weighted by Crippen LogP contribution is -2.40. The van der Waals surface area contributed by atoms with E-state index < -0.39 is 29.9 Å². The number of alkyl halides is 3. The van der Waals surface area contributed by atoms with E-state index in [9.17, 15) is 27.2 Å². The molecule has 0 spiro atoms. The fourth-order valence-corrected chi connectivity index (χ4v) is 3.59. The Balaban J connectivity index is 2.22. The summed E-state index contributed by atoms with van der Waals surface area (Å²) in [6.07, 6.45) is -5.03. The zero-order valence-corrected chi connectivity index (χ0v) is 21.8. The zero-order chi connectivity index (χ0) is 27.3.